The molecule has 1 rings (SSSR count). The van der Waals surface area contributed by atoms with Gasteiger partial charge in [-0.2, -0.15) is 0 Å². The highest BCUT2D eigenvalue weighted by Gasteiger charge is 2.40. The fraction of sp³-hybridized carbons (Fsp3) is 0.727. The van der Waals surface area contributed by atoms with Gasteiger partial charge in [0.15, 0.2) is 0 Å². The molecule has 306 valence electrons. The van der Waals surface area contributed by atoms with E-state index < -0.39 is 121 Å². The van der Waals surface area contributed by atoms with E-state index in [1.165, 1.54) is 6.92 Å². The monoisotopic (exact) mass is 772 g/mol. The number of hydrogen-bond donors (Lipinski definition) is 11. The van der Waals surface area contributed by atoms with E-state index in [-0.39, 0.29) is 44.6 Å². The minimum atomic E-state index is -1.85. The molecule has 1 aliphatic rings. The lowest BCUT2D eigenvalue weighted by molar-refractivity contribution is -0.146. The molecule has 54 heavy (non-hydrogen) atoms. The molecule has 0 saturated carbocycles. The molecule has 0 aromatic carbocycles. The fourth-order valence-electron chi connectivity index (χ4n) is 5.57. The Kier molecular flexibility index (Phi) is 19.5. The van der Waals surface area contributed by atoms with Crippen molar-refractivity contribution in [1.82, 2.24) is 31.5 Å². The van der Waals surface area contributed by atoms with Crippen LogP contribution in [0.25, 0.3) is 0 Å². The summed E-state index contributed by atoms with van der Waals surface area (Å²) >= 11 is 0. The molecule has 1 aliphatic heterocycles. The van der Waals surface area contributed by atoms with Gasteiger partial charge in [0.05, 0.1) is 19.1 Å². The van der Waals surface area contributed by atoms with Crippen LogP contribution in [-0.2, 0) is 43.2 Å². The van der Waals surface area contributed by atoms with Crippen LogP contribution in [0.2, 0.25) is 0 Å². The quantitative estimate of drug-likeness (QED) is 0.0472. The molecule has 1 saturated heterocycles. The van der Waals surface area contributed by atoms with Crippen LogP contribution in [0.4, 0.5) is 0 Å². The second-order valence-corrected chi connectivity index (χ2v) is 13.8. The van der Waals surface area contributed by atoms with Crippen molar-refractivity contribution in [1.29, 1.82) is 0 Å². The normalized spacial score (nSPS) is 18.5. The highest BCUT2D eigenvalue weighted by molar-refractivity contribution is 5.98. The number of aliphatic carboxylic acids is 2. The lowest BCUT2D eigenvalue weighted by Crippen LogP contribution is -2.61. The highest BCUT2D eigenvalue weighted by Crippen LogP contribution is 2.20. The number of rotatable bonds is 23. The van der Waals surface area contributed by atoms with E-state index in [1.54, 1.807) is 27.7 Å². The van der Waals surface area contributed by atoms with E-state index in [9.17, 15) is 63.6 Å². The summed E-state index contributed by atoms with van der Waals surface area (Å²) < 4.78 is 0. The Labute approximate surface area is 312 Å². The molecule has 0 aliphatic carbocycles. The average molecular weight is 773 g/mol. The summed E-state index contributed by atoms with van der Waals surface area (Å²) in [4.78, 5) is 115. The number of aliphatic hydroxyl groups is 2. The summed E-state index contributed by atoms with van der Waals surface area (Å²) in [6, 6.07) is -10.2. The van der Waals surface area contributed by atoms with Crippen molar-refractivity contribution < 1.29 is 63.6 Å². The molecule has 0 aromatic rings. The summed E-state index contributed by atoms with van der Waals surface area (Å²) in [6.45, 7) is 7.05. The number of nitrogens with two attached hydrogens (primary N) is 2. The predicted octanol–water partition coefficient (Wildman–Crippen LogP) is -3.98. The molecule has 0 unspecified atom stereocenters. The minimum absolute atomic E-state index is 0.0304. The Morgan fingerprint density at radius 1 is 0.796 bits per heavy atom. The zero-order valence-corrected chi connectivity index (χ0v) is 31.2. The van der Waals surface area contributed by atoms with Crippen LogP contribution < -0.4 is 38.1 Å². The summed E-state index contributed by atoms with van der Waals surface area (Å²) in [5.74, 6) is -10.1. The van der Waals surface area contributed by atoms with Crippen molar-refractivity contribution in [2.24, 2.45) is 23.3 Å². The smallest absolute Gasteiger partial charge is 0.326 e. The number of carbonyl (C=O) groups excluding carboxylic acids is 7. The summed E-state index contributed by atoms with van der Waals surface area (Å²) in [5, 5.41) is 50.5. The lowest BCUT2D eigenvalue weighted by Gasteiger charge is -2.30. The molecule has 1 fully saturated rings. The maximum Gasteiger partial charge on any atom is 0.326 e. The first kappa shape index (κ1) is 47.1. The van der Waals surface area contributed by atoms with E-state index in [0.29, 0.717) is 6.42 Å². The first-order valence-corrected chi connectivity index (χ1v) is 17.7. The average Bonchev–Trinajstić information content (AvgIpc) is 3.59. The molecule has 7 amide bonds. The second kappa shape index (κ2) is 22.4. The lowest BCUT2D eigenvalue weighted by atomic mass is 9.96. The van der Waals surface area contributed by atoms with Gasteiger partial charge in [0.2, 0.25) is 41.4 Å². The van der Waals surface area contributed by atoms with Crippen molar-refractivity contribution in [2.45, 2.75) is 128 Å². The predicted molar refractivity (Wildman–Crippen MR) is 188 cm³/mol. The van der Waals surface area contributed by atoms with Gasteiger partial charge in [0, 0.05) is 13.0 Å². The van der Waals surface area contributed by atoms with Crippen LogP contribution in [0.1, 0.15) is 79.6 Å². The molecule has 9 atom stereocenters. The van der Waals surface area contributed by atoms with Crippen LogP contribution in [0.5, 0.6) is 0 Å². The van der Waals surface area contributed by atoms with Gasteiger partial charge in [-0.1, -0.05) is 34.1 Å². The van der Waals surface area contributed by atoms with E-state index in [4.69, 9.17) is 11.5 Å². The van der Waals surface area contributed by atoms with E-state index in [0.717, 1.165) is 4.90 Å². The maximum atomic E-state index is 13.6. The fourth-order valence-corrected chi connectivity index (χ4v) is 5.57. The Morgan fingerprint density at radius 2 is 1.37 bits per heavy atom. The summed E-state index contributed by atoms with van der Waals surface area (Å²) in [7, 11) is 0. The third-order valence-electron chi connectivity index (χ3n) is 8.90. The van der Waals surface area contributed by atoms with Gasteiger partial charge in [-0.05, 0) is 44.4 Å². The van der Waals surface area contributed by atoms with E-state index in [2.05, 4.69) is 26.6 Å². The topological polar surface area (TPSA) is 350 Å². The van der Waals surface area contributed by atoms with Crippen molar-refractivity contribution >= 4 is 53.3 Å². The number of carboxylic acids is 2. The number of nitrogens with one attached hydrogen (secondary N) is 5. The number of hydrogen-bond acceptors (Lipinski definition) is 12. The van der Waals surface area contributed by atoms with E-state index in [1.807, 2.05) is 0 Å². The van der Waals surface area contributed by atoms with E-state index >= 15 is 0 Å². The van der Waals surface area contributed by atoms with Crippen LogP contribution in [-0.4, -0.2) is 140 Å². The molecule has 0 spiro atoms. The largest absolute Gasteiger partial charge is 0.481 e. The van der Waals surface area contributed by atoms with Crippen LogP contribution in [0.15, 0.2) is 0 Å². The van der Waals surface area contributed by atoms with Gasteiger partial charge in [-0.25, -0.2) is 4.79 Å². The molecule has 21 heteroatoms. The first-order valence-electron chi connectivity index (χ1n) is 17.7. The van der Waals surface area contributed by atoms with Gasteiger partial charge in [0.1, 0.15) is 42.3 Å². The zero-order chi connectivity index (χ0) is 41.4. The number of amides is 7. The minimum Gasteiger partial charge on any atom is -0.481 e. The van der Waals surface area contributed by atoms with Crippen LogP contribution in [0.3, 0.4) is 0 Å². The molecule has 0 radical (unpaired) electrons. The van der Waals surface area contributed by atoms with Gasteiger partial charge in [-0.15, -0.1) is 0 Å². The Balaban J connectivity index is 3.23. The van der Waals surface area contributed by atoms with Crippen molar-refractivity contribution in [2.75, 3.05) is 13.2 Å². The third-order valence-corrected chi connectivity index (χ3v) is 8.90. The standard InChI is InChI=1S/C33H56N8O13/c1-6-16(4)26(40-27(47)18(9-10-23(34)44)36-30(50)25(35)17(5)43)31(51)37-19(13-24(45)46)28(48)39-21(14-42)32(52)41-11-7-8-22(41)29(49)38-20(33(53)54)12-15(2)3/h15-22,25-26,42-43H,6-14,35H2,1-5H3,(H2,34,44)(H,36,50)(H,37,51)(H,38,49)(H,39,48)(H,40,47)(H,45,46)(H,53,54)/t16-,17+,18-,19-,20-,21-,22-,25-,26-/m0/s1. The van der Waals surface area contributed by atoms with Crippen LogP contribution >= 0.6 is 0 Å². The molecule has 21 nitrogen and oxygen atoms in total. The molecular weight excluding hydrogens is 716 g/mol. The van der Waals surface area contributed by atoms with Crippen molar-refractivity contribution in [3.05, 3.63) is 0 Å². The summed E-state index contributed by atoms with van der Waals surface area (Å²) in [5.41, 5.74) is 10.9. The number of aliphatic hydroxyl groups excluding tert-OH is 2. The molecule has 0 aromatic heterocycles. The SMILES string of the molecule is CC[C@H](C)[C@H](NC(=O)[C@H](CCC(N)=O)NC(=O)[C@@H](N)[C@@H](C)O)C(=O)N[C@@H](CC(=O)O)C(=O)N[C@@H](CO)C(=O)N1CCC[C@H]1C(=O)N[C@@H](CC(C)C)C(=O)O. The van der Waals surface area contributed by atoms with Crippen molar-refractivity contribution in [3.8, 4) is 0 Å². The Bertz CT molecular complexity index is 1380. The first-order chi connectivity index (χ1) is 25.1. The van der Waals surface area contributed by atoms with Gasteiger partial charge in [-0.3, -0.25) is 38.4 Å². The molecular formula is C33H56N8O13. The van der Waals surface area contributed by atoms with Crippen molar-refractivity contribution in [3.63, 3.8) is 0 Å². The summed E-state index contributed by atoms with van der Waals surface area (Å²) in [6.07, 6.45) is -2.07. The van der Waals surface area contributed by atoms with Crippen LogP contribution in [0, 0.1) is 11.8 Å². The van der Waals surface area contributed by atoms with Gasteiger partial charge < -0.3 is 63.4 Å². The second-order valence-electron chi connectivity index (χ2n) is 13.8. The molecule has 1 heterocycles. The number of primary amides is 1. The Morgan fingerprint density at radius 3 is 1.87 bits per heavy atom. The number of likely N-dealkylation sites (tertiary alicyclic amines) is 1. The van der Waals surface area contributed by atoms with Gasteiger partial charge in [0.25, 0.3) is 0 Å². The number of carboxylic acid groups (broad SMARTS) is 2. The number of nitrogens with zero attached hydrogens (tertiary/aromatic N) is 1. The van der Waals surface area contributed by atoms with Gasteiger partial charge >= 0.3 is 11.9 Å². The Hall–Kier alpha value is -4.89. The molecule has 13 N–H and O–H groups in total. The maximum absolute atomic E-state index is 13.6. The zero-order valence-electron chi connectivity index (χ0n) is 31.2. The third kappa shape index (κ3) is 14.9. The number of carbonyl (C=O) groups is 9. The highest BCUT2D eigenvalue weighted by atomic mass is 16.4. The molecule has 0 bridgehead atoms.